The van der Waals surface area contributed by atoms with Crippen LogP contribution in [-0.2, 0) is 31.9 Å². The summed E-state index contributed by atoms with van der Waals surface area (Å²) in [6, 6.07) is 19.2. The van der Waals surface area contributed by atoms with Gasteiger partial charge in [0.2, 0.25) is 0 Å². The number of carbonyl (C=O) groups is 2. The summed E-state index contributed by atoms with van der Waals surface area (Å²) in [6.07, 6.45) is 3.55. The lowest BCUT2D eigenvalue weighted by atomic mass is 9.75. The summed E-state index contributed by atoms with van der Waals surface area (Å²) < 4.78 is 11.6. The molecule has 1 aliphatic carbocycles. The molecule has 2 aromatic rings. The first kappa shape index (κ1) is 16.8. The predicted molar refractivity (Wildman–Crippen MR) is 96.1 cm³/mol. The lowest BCUT2D eigenvalue weighted by Gasteiger charge is -2.42. The van der Waals surface area contributed by atoms with Crippen molar-refractivity contribution in [2.45, 2.75) is 44.3 Å². The number of hydrogen-bond acceptors (Lipinski definition) is 4. The highest BCUT2D eigenvalue weighted by Gasteiger charge is 2.59. The fourth-order valence-electron chi connectivity index (χ4n) is 4.00. The van der Waals surface area contributed by atoms with E-state index in [2.05, 4.69) is 0 Å². The quantitative estimate of drug-likeness (QED) is 0.621. The highest BCUT2D eigenvalue weighted by Crippen LogP contribution is 2.44. The second-order valence-electron chi connectivity index (χ2n) is 7.30. The highest BCUT2D eigenvalue weighted by molar-refractivity contribution is 6.02. The molecule has 1 heterocycles. The molecule has 0 unspecified atom stereocenters. The second kappa shape index (κ2) is 6.60. The highest BCUT2D eigenvalue weighted by atomic mass is 16.7. The van der Waals surface area contributed by atoms with Gasteiger partial charge in [0.05, 0.1) is 0 Å². The Kier molecular flexibility index (Phi) is 4.27. The molecule has 0 radical (unpaired) electrons. The molecule has 1 spiro atoms. The van der Waals surface area contributed by atoms with Crippen molar-refractivity contribution in [2.75, 3.05) is 0 Å². The van der Waals surface area contributed by atoms with Gasteiger partial charge in [-0.1, -0.05) is 60.7 Å². The van der Waals surface area contributed by atoms with Gasteiger partial charge in [0.25, 0.3) is 5.79 Å². The lowest BCUT2D eigenvalue weighted by molar-refractivity contribution is -0.260. The largest absolute Gasteiger partial charge is 0.422 e. The van der Waals surface area contributed by atoms with Gasteiger partial charge in [-0.2, -0.15) is 0 Å². The van der Waals surface area contributed by atoms with Crippen molar-refractivity contribution in [3.63, 3.8) is 0 Å². The number of carbonyl (C=O) groups excluding carboxylic acids is 2. The molecule has 0 aromatic heterocycles. The molecular formula is C22H22O4. The molecule has 4 heteroatoms. The minimum absolute atomic E-state index is 0.274. The van der Waals surface area contributed by atoms with E-state index < -0.39 is 23.1 Å². The number of benzene rings is 2. The van der Waals surface area contributed by atoms with Crippen LogP contribution in [0.2, 0.25) is 0 Å². The Balaban J connectivity index is 1.70. The van der Waals surface area contributed by atoms with E-state index in [0.29, 0.717) is 12.8 Å². The second-order valence-corrected chi connectivity index (χ2v) is 7.30. The van der Waals surface area contributed by atoms with Crippen molar-refractivity contribution in [2.24, 2.45) is 5.41 Å². The zero-order valence-electron chi connectivity index (χ0n) is 14.6. The third kappa shape index (κ3) is 3.00. The van der Waals surface area contributed by atoms with Crippen LogP contribution in [0.15, 0.2) is 60.7 Å². The molecule has 0 bridgehead atoms. The summed E-state index contributed by atoms with van der Waals surface area (Å²) in [5.74, 6) is -1.95. The van der Waals surface area contributed by atoms with Gasteiger partial charge >= 0.3 is 11.9 Å². The van der Waals surface area contributed by atoms with E-state index >= 15 is 0 Å². The van der Waals surface area contributed by atoms with Crippen LogP contribution in [0.3, 0.4) is 0 Å². The first-order chi connectivity index (χ1) is 12.6. The maximum absolute atomic E-state index is 13.2. The average molecular weight is 350 g/mol. The molecule has 0 amide bonds. The van der Waals surface area contributed by atoms with E-state index in [1.807, 2.05) is 60.7 Å². The molecule has 2 fully saturated rings. The van der Waals surface area contributed by atoms with E-state index in [-0.39, 0.29) is 12.8 Å². The fraction of sp³-hybridized carbons (Fsp3) is 0.364. The Bertz CT molecular complexity index is 728. The molecule has 1 saturated heterocycles. The Morgan fingerprint density at radius 1 is 0.692 bits per heavy atom. The minimum Gasteiger partial charge on any atom is -0.422 e. The molecular weight excluding hydrogens is 328 g/mol. The van der Waals surface area contributed by atoms with E-state index in [9.17, 15) is 9.59 Å². The third-order valence-electron chi connectivity index (χ3n) is 5.40. The summed E-state index contributed by atoms with van der Waals surface area (Å²) in [5, 5.41) is 0. The van der Waals surface area contributed by atoms with Crippen LogP contribution in [0.5, 0.6) is 0 Å². The smallest absolute Gasteiger partial charge is 0.327 e. The van der Waals surface area contributed by atoms with E-state index in [1.165, 1.54) is 0 Å². The molecule has 1 aliphatic heterocycles. The average Bonchev–Trinajstić information content (AvgIpc) is 3.09. The van der Waals surface area contributed by atoms with Gasteiger partial charge in [0.15, 0.2) is 5.41 Å². The topological polar surface area (TPSA) is 52.6 Å². The van der Waals surface area contributed by atoms with E-state index in [4.69, 9.17) is 9.47 Å². The Hall–Kier alpha value is -2.62. The minimum atomic E-state index is -1.34. The molecule has 0 N–H and O–H groups in total. The number of ether oxygens (including phenoxy) is 2. The fourth-order valence-corrected chi connectivity index (χ4v) is 4.00. The SMILES string of the molecule is O=C1OC2(CCCC2)OC(=O)C1(Cc1ccccc1)Cc1ccccc1. The molecule has 0 atom stereocenters. The van der Waals surface area contributed by atoms with Gasteiger partial charge in [-0.25, -0.2) is 0 Å². The van der Waals surface area contributed by atoms with Crippen molar-refractivity contribution in [1.29, 1.82) is 0 Å². The van der Waals surface area contributed by atoms with Crippen LogP contribution in [0.4, 0.5) is 0 Å². The van der Waals surface area contributed by atoms with Crippen LogP contribution in [0.1, 0.15) is 36.8 Å². The zero-order valence-corrected chi connectivity index (χ0v) is 14.6. The summed E-state index contributed by atoms with van der Waals surface area (Å²) in [4.78, 5) is 26.3. The summed E-state index contributed by atoms with van der Waals surface area (Å²) in [5.41, 5.74) is 0.496. The monoisotopic (exact) mass is 350 g/mol. The van der Waals surface area contributed by atoms with Gasteiger partial charge in [-0.05, 0) is 36.8 Å². The van der Waals surface area contributed by atoms with Crippen molar-refractivity contribution >= 4 is 11.9 Å². The first-order valence-corrected chi connectivity index (χ1v) is 9.17. The van der Waals surface area contributed by atoms with Crippen molar-refractivity contribution < 1.29 is 19.1 Å². The maximum atomic E-state index is 13.2. The lowest BCUT2D eigenvalue weighted by Crippen LogP contribution is -2.57. The van der Waals surface area contributed by atoms with Crippen LogP contribution in [-0.4, -0.2) is 17.7 Å². The molecule has 4 nitrogen and oxygen atoms in total. The Labute approximate surface area is 153 Å². The Morgan fingerprint density at radius 3 is 1.54 bits per heavy atom. The van der Waals surface area contributed by atoms with Crippen LogP contribution in [0.25, 0.3) is 0 Å². The van der Waals surface area contributed by atoms with Crippen LogP contribution >= 0.6 is 0 Å². The normalized spacial score (nSPS) is 20.6. The number of hydrogen-bond donors (Lipinski definition) is 0. The van der Waals surface area contributed by atoms with Gasteiger partial charge in [0, 0.05) is 12.8 Å². The van der Waals surface area contributed by atoms with Gasteiger partial charge < -0.3 is 9.47 Å². The summed E-state index contributed by atoms with van der Waals surface area (Å²) in [7, 11) is 0. The van der Waals surface area contributed by atoms with E-state index in [0.717, 1.165) is 24.0 Å². The molecule has 1 saturated carbocycles. The summed E-state index contributed by atoms with van der Waals surface area (Å²) >= 11 is 0. The van der Waals surface area contributed by atoms with Gasteiger partial charge in [-0.3, -0.25) is 9.59 Å². The third-order valence-corrected chi connectivity index (χ3v) is 5.40. The Morgan fingerprint density at radius 2 is 1.12 bits per heavy atom. The standard InChI is InChI=1S/C22H22O4/c23-19-21(15-17-9-3-1-4-10-17,16-18-11-5-2-6-12-18)20(24)26-22(25-19)13-7-8-14-22/h1-6,9-12H,7-8,13-16H2. The van der Waals surface area contributed by atoms with E-state index in [1.54, 1.807) is 0 Å². The van der Waals surface area contributed by atoms with Gasteiger partial charge in [0.1, 0.15) is 0 Å². The van der Waals surface area contributed by atoms with Gasteiger partial charge in [-0.15, -0.1) is 0 Å². The predicted octanol–water partition coefficient (Wildman–Crippen LogP) is 3.83. The molecule has 26 heavy (non-hydrogen) atoms. The van der Waals surface area contributed by atoms with Crippen LogP contribution in [0, 0.1) is 5.41 Å². The first-order valence-electron chi connectivity index (χ1n) is 9.17. The van der Waals surface area contributed by atoms with Crippen LogP contribution < -0.4 is 0 Å². The van der Waals surface area contributed by atoms with Crippen molar-refractivity contribution in [1.82, 2.24) is 0 Å². The molecule has 4 rings (SSSR count). The molecule has 2 aromatic carbocycles. The number of rotatable bonds is 4. The molecule has 134 valence electrons. The summed E-state index contributed by atoms with van der Waals surface area (Å²) in [6.45, 7) is 0. The zero-order chi connectivity index (χ0) is 18.0. The molecule has 2 aliphatic rings. The number of esters is 2. The van der Waals surface area contributed by atoms with Crippen molar-refractivity contribution in [3.05, 3.63) is 71.8 Å². The van der Waals surface area contributed by atoms with Crippen molar-refractivity contribution in [3.8, 4) is 0 Å². The maximum Gasteiger partial charge on any atom is 0.327 e.